The van der Waals surface area contributed by atoms with E-state index >= 15 is 0 Å². The van der Waals surface area contributed by atoms with Gasteiger partial charge >= 0.3 is 0 Å². The highest BCUT2D eigenvalue weighted by Gasteiger charge is 2.22. The Balaban J connectivity index is 1.40. The van der Waals surface area contributed by atoms with Gasteiger partial charge in [0.2, 0.25) is 10.0 Å². The molecule has 176 valence electrons. The van der Waals surface area contributed by atoms with Gasteiger partial charge in [0.05, 0.1) is 16.1 Å². The van der Waals surface area contributed by atoms with E-state index in [0.717, 1.165) is 9.87 Å². The van der Waals surface area contributed by atoms with Crippen molar-refractivity contribution in [3.05, 3.63) is 83.2 Å². The summed E-state index contributed by atoms with van der Waals surface area (Å²) < 4.78 is 39.1. The molecule has 0 bridgehead atoms. The fourth-order valence-corrected chi connectivity index (χ4v) is 5.33. The highest BCUT2D eigenvalue weighted by Crippen LogP contribution is 2.39. The molecule has 2 N–H and O–H groups in total. The molecule has 0 saturated heterocycles. The first-order valence-electron chi connectivity index (χ1n) is 10.4. The molecule has 1 heterocycles. The van der Waals surface area contributed by atoms with Gasteiger partial charge in [0.25, 0.3) is 11.8 Å². The number of carbonyl (C=O) groups excluding carboxylic acids is 2. The lowest BCUT2D eigenvalue weighted by molar-refractivity contribution is 0.0952. The van der Waals surface area contributed by atoms with Gasteiger partial charge < -0.3 is 10.6 Å². The van der Waals surface area contributed by atoms with Crippen molar-refractivity contribution in [1.82, 2.24) is 9.62 Å². The Morgan fingerprint density at radius 2 is 1.76 bits per heavy atom. The van der Waals surface area contributed by atoms with Crippen molar-refractivity contribution >= 4 is 39.3 Å². The average Bonchev–Trinajstić information content (AvgIpc) is 2.93. The number of rotatable bonds is 6. The zero-order chi connectivity index (χ0) is 24.5. The molecule has 3 aromatic rings. The van der Waals surface area contributed by atoms with Crippen LogP contribution in [0.2, 0.25) is 0 Å². The molecule has 2 amide bonds. The van der Waals surface area contributed by atoms with E-state index in [0.29, 0.717) is 39.6 Å². The van der Waals surface area contributed by atoms with Gasteiger partial charge in [-0.25, -0.2) is 17.1 Å². The van der Waals surface area contributed by atoms with E-state index < -0.39 is 15.8 Å². The Morgan fingerprint density at radius 1 is 1.03 bits per heavy atom. The van der Waals surface area contributed by atoms with Crippen molar-refractivity contribution in [2.24, 2.45) is 0 Å². The quantitative estimate of drug-likeness (QED) is 0.539. The summed E-state index contributed by atoms with van der Waals surface area (Å²) in [5, 5.41) is 5.62. The molecule has 0 aliphatic carbocycles. The molecule has 4 rings (SSSR count). The molecule has 34 heavy (non-hydrogen) atoms. The number of carbonyl (C=O) groups is 2. The number of halogens is 1. The normalized spacial score (nSPS) is 13.0. The zero-order valence-corrected chi connectivity index (χ0v) is 20.1. The number of hydrogen-bond acceptors (Lipinski definition) is 5. The number of sulfonamides is 1. The molecule has 0 unspecified atom stereocenters. The first-order valence-corrected chi connectivity index (χ1v) is 12.6. The van der Waals surface area contributed by atoms with Crippen LogP contribution in [0.25, 0.3) is 0 Å². The van der Waals surface area contributed by atoms with Crippen LogP contribution < -0.4 is 10.6 Å². The van der Waals surface area contributed by atoms with Crippen molar-refractivity contribution in [2.45, 2.75) is 21.1 Å². The average molecular weight is 500 g/mol. The number of hydrogen-bond donors (Lipinski definition) is 2. The Morgan fingerprint density at radius 3 is 2.47 bits per heavy atom. The Bertz CT molecular complexity index is 1370. The third kappa shape index (κ3) is 4.98. The smallest absolute Gasteiger partial charge is 0.256 e. The molecule has 0 radical (unpaired) electrons. The lowest BCUT2D eigenvalue weighted by Crippen LogP contribution is -2.26. The van der Waals surface area contributed by atoms with Crippen LogP contribution in [0, 0.1) is 5.82 Å². The summed E-state index contributed by atoms with van der Waals surface area (Å²) in [5.74, 6) is -1.09. The maximum Gasteiger partial charge on any atom is 0.256 e. The second kappa shape index (κ2) is 9.57. The van der Waals surface area contributed by atoms with E-state index in [2.05, 4.69) is 10.6 Å². The third-order valence-electron chi connectivity index (χ3n) is 5.30. The minimum absolute atomic E-state index is 0.208. The van der Waals surface area contributed by atoms with Crippen LogP contribution in [0.1, 0.15) is 26.3 Å². The van der Waals surface area contributed by atoms with Crippen molar-refractivity contribution in [1.29, 1.82) is 0 Å². The summed E-state index contributed by atoms with van der Waals surface area (Å²) in [7, 11) is -0.532. The van der Waals surface area contributed by atoms with Crippen molar-refractivity contribution in [2.75, 3.05) is 26.0 Å². The number of benzene rings is 3. The maximum atomic E-state index is 13.6. The maximum absolute atomic E-state index is 13.6. The first kappa shape index (κ1) is 23.9. The van der Waals surface area contributed by atoms with Gasteiger partial charge in [-0.3, -0.25) is 9.59 Å². The van der Waals surface area contributed by atoms with Crippen molar-refractivity contribution < 1.29 is 22.4 Å². The monoisotopic (exact) mass is 499 g/mol. The summed E-state index contributed by atoms with van der Waals surface area (Å²) in [6, 6.07) is 15.5. The molecule has 10 heteroatoms. The molecule has 0 atom stereocenters. The number of nitrogens with one attached hydrogen (secondary N) is 2. The molecule has 1 aliphatic rings. The Kier molecular flexibility index (Phi) is 6.74. The third-order valence-corrected chi connectivity index (χ3v) is 8.26. The molecule has 0 saturated carbocycles. The van der Waals surface area contributed by atoms with E-state index in [9.17, 15) is 22.4 Å². The molecular weight excluding hydrogens is 477 g/mol. The summed E-state index contributed by atoms with van der Waals surface area (Å²) in [6.07, 6.45) is 0.520. The van der Waals surface area contributed by atoms with Gasteiger partial charge in [-0.1, -0.05) is 23.9 Å². The van der Waals surface area contributed by atoms with Crippen LogP contribution in [0.5, 0.6) is 0 Å². The molecule has 7 nitrogen and oxygen atoms in total. The van der Waals surface area contributed by atoms with Crippen LogP contribution in [0.4, 0.5) is 10.1 Å². The number of nitrogens with zero attached hydrogens (tertiary/aromatic N) is 1. The lowest BCUT2D eigenvalue weighted by atomic mass is 10.1. The predicted octanol–water partition coefficient (Wildman–Crippen LogP) is 3.77. The molecular formula is C24H22FN3O4S2. The van der Waals surface area contributed by atoms with Gasteiger partial charge in [0.1, 0.15) is 5.82 Å². The summed E-state index contributed by atoms with van der Waals surface area (Å²) >= 11 is 1.26. The van der Waals surface area contributed by atoms with E-state index in [1.54, 1.807) is 42.5 Å². The number of amides is 2. The fraction of sp³-hybridized carbons (Fsp3) is 0.167. The minimum atomic E-state index is -3.48. The molecule has 0 spiro atoms. The SMILES string of the molecule is CN(C)S(=O)(=O)c1ccc(CCNC(=O)c2ccc3c(c2)NC(=O)c2ccc(F)cc2S3)cc1. The van der Waals surface area contributed by atoms with Gasteiger partial charge in [-0.2, -0.15) is 0 Å². The summed E-state index contributed by atoms with van der Waals surface area (Å²) in [5.41, 5.74) is 2.12. The molecule has 0 aromatic heterocycles. The number of anilines is 1. The predicted molar refractivity (Wildman–Crippen MR) is 128 cm³/mol. The van der Waals surface area contributed by atoms with Gasteiger partial charge in [-0.05, 0) is 60.5 Å². The van der Waals surface area contributed by atoms with Crippen LogP contribution in [0.15, 0.2) is 75.4 Å². The second-order valence-corrected chi connectivity index (χ2v) is 11.1. The molecule has 3 aromatic carbocycles. The van der Waals surface area contributed by atoms with E-state index in [-0.39, 0.29) is 16.7 Å². The summed E-state index contributed by atoms with van der Waals surface area (Å²) in [4.78, 5) is 26.6. The van der Waals surface area contributed by atoms with E-state index in [4.69, 9.17) is 0 Å². The second-order valence-electron chi connectivity index (χ2n) is 7.84. The largest absolute Gasteiger partial charge is 0.352 e. The lowest BCUT2D eigenvalue weighted by Gasteiger charge is -2.12. The highest BCUT2D eigenvalue weighted by atomic mass is 32.2. The van der Waals surface area contributed by atoms with Crippen molar-refractivity contribution in [3.8, 4) is 0 Å². The van der Waals surface area contributed by atoms with Crippen LogP contribution in [-0.2, 0) is 16.4 Å². The minimum Gasteiger partial charge on any atom is -0.352 e. The van der Waals surface area contributed by atoms with E-state index in [1.807, 2.05) is 0 Å². The fourth-order valence-electron chi connectivity index (χ4n) is 3.40. The van der Waals surface area contributed by atoms with E-state index in [1.165, 1.54) is 44.1 Å². The van der Waals surface area contributed by atoms with Crippen LogP contribution >= 0.6 is 11.8 Å². The topological polar surface area (TPSA) is 95.6 Å². The standard InChI is InChI=1S/C24H22FN3O4S2/c1-28(2)34(31,32)18-7-3-15(4-8-18)11-12-26-23(29)16-5-10-21-20(13-16)27-24(30)19-9-6-17(25)14-22(19)33-21/h3-10,13-14H,11-12H2,1-2H3,(H,26,29)(H,27,30). The molecule has 0 fully saturated rings. The van der Waals surface area contributed by atoms with Crippen LogP contribution in [0.3, 0.4) is 0 Å². The van der Waals surface area contributed by atoms with Gasteiger partial charge in [-0.15, -0.1) is 0 Å². The zero-order valence-electron chi connectivity index (χ0n) is 18.5. The summed E-state index contributed by atoms with van der Waals surface area (Å²) in [6.45, 7) is 0.349. The van der Waals surface area contributed by atoms with Crippen molar-refractivity contribution in [3.63, 3.8) is 0 Å². The Hall–Kier alpha value is -3.21. The first-order chi connectivity index (χ1) is 16.1. The highest BCUT2D eigenvalue weighted by molar-refractivity contribution is 7.99. The van der Waals surface area contributed by atoms with Gasteiger partial charge in [0, 0.05) is 36.0 Å². The number of fused-ring (bicyclic) bond motifs is 2. The van der Waals surface area contributed by atoms with Gasteiger partial charge in [0.15, 0.2) is 0 Å². The Labute approximate surface area is 201 Å². The molecule has 1 aliphatic heterocycles. The van der Waals surface area contributed by atoms with Crippen LogP contribution in [-0.4, -0.2) is 45.2 Å².